The van der Waals surface area contributed by atoms with Gasteiger partial charge in [-0.05, 0) is 42.5 Å². The van der Waals surface area contributed by atoms with Gasteiger partial charge in [0.15, 0.2) is 0 Å². The Kier molecular flexibility index (Phi) is 5.19. The third-order valence-corrected chi connectivity index (χ3v) is 4.79. The van der Waals surface area contributed by atoms with Gasteiger partial charge in [-0.2, -0.15) is 5.10 Å². The zero-order chi connectivity index (χ0) is 18.5. The molecule has 4 rings (SSSR count). The molecule has 5 heteroatoms. The van der Waals surface area contributed by atoms with Gasteiger partial charge < -0.3 is 10.2 Å². The fourth-order valence-electron chi connectivity index (χ4n) is 3.16. The van der Waals surface area contributed by atoms with E-state index in [-0.39, 0.29) is 6.03 Å². The van der Waals surface area contributed by atoms with E-state index in [1.165, 1.54) is 5.56 Å². The van der Waals surface area contributed by atoms with E-state index in [2.05, 4.69) is 22.5 Å². The van der Waals surface area contributed by atoms with Gasteiger partial charge in [-0.15, -0.1) is 0 Å². The first-order valence-corrected chi connectivity index (χ1v) is 9.47. The van der Waals surface area contributed by atoms with Crippen molar-refractivity contribution in [2.45, 2.75) is 31.8 Å². The van der Waals surface area contributed by atoms with E-state index in [0.717, 1.165) is 30.5 Å². The number of urea groups is 1. The average molecular weight is 360 g/mol. The summed E-state index contributed by atoms with van der Waals surface area (Å²) >= 11 is 0. The zero-order valence-electron chi connectivity index (χ0n) is 15.3. The molecule has 2 aromatic carbocycles. The van der Waals surface area contributed by atoms with Gasteiger partial charge in [0.05, 0.1) is 11.9 Å². The van der Waals surface area contributed by atoms with Crippen LogP contribution in [0.4, 0.5) is 4.79 Å². The smallest absolute Gasteiger partial charge is 0.317 e. The Labute approximate surface area is 159 Å². The minimum absolute atomic E-state index is 0.0248. The van der Waals surface area contributed by atoms with Gasteiger partial charge in [-0.1, -0.05) is 48.5 Å². The maximum Gasteiger partial charge on any atom is 0.317 e. The van der Waals surface area contributed by atoms with Crippen LogP contribution in [0.15, 0.2) is 73.1 Å². The molecular formula is C22H24N4O. The predicted molar refractivity (Wildman–Crippen MR) is 106 cm³/mol. The molecule has 27 heavy (non-hydrogen) atoms. The summed E-state index contributed by atoms with van der Waals surface area (Å²) < 4.78 is 1.86. The largest absolute Gasteiger partial charge is 0.338 e. The summed E-state index contributed by atoms with van der Waals surface area (Å²) in [6.07, 6.45) is 6.85. The molecule has 0 saturated heterocycles. The number of nitrogens with one attached hydrogen (secondary N) is 1. The Hall–Kier alpha value is -3.08. The van der Waals surface area contributed by atoms with Crippen LogP contribution in [0.3, 0.4) is 0 Å². The van der Waals surface area contributed by atoms with Crippen molar-refractivity contribution < 1.29 is 4.79 Å². The second-order valence-electron chi connectivity index (χ2n) is 6.96. The van der Waals surface area contributed by atoms with Crippen LogP contribution in [0.25, 0.3) is 5.69 Å². The van der Waals surface area contributed by atoms with Crippen molar-refractivity contribution in [2.24, 2.45) is 0 Å². The highest BCUT2D eigenvalue weighted by Gasteiger charge is 2.32. The highest BCUT2D eigenvalue weighted by molar-refractivity contribution is 5.75. The number of nitrogens with zero attached hydrogens (tertiary/aromatic N) is 3. The minimum Gasteiger partial charge on any atom is -0.338 e. The van der Waals surface area contributed by atoms with Gasteiger partial charge in [0.25, 0.3) is 0 Å². The lowest BCUT2D eigenvalue weighted by Crippen LogP contribution is -2.41. The lowest BCUT2D eigenvalue weighted by Gasteiger charge is -2.23. The van der Waals surface area contributed by atoms with E-state index in [9.17, 15) is 4.79 Å². The molecule has 3 aromatic rings. The molecule has 2 amide bonds. The van der Waals surface area contributed by atoms with Gasteiger partial charge in [0.1, 0.15) is 0 Å². The first-order valence-electron chi connectivity index (χ1n) is 9.47. The fraction of sp³-hybridized carbons (Fsp3) is 0.273. The summed E-state index contributed by atoms with van der Waals surface area (Å²) in [5.41, 5.74) is 3.32. The molecule has 1 fully saturated rings. The Morgan fingerprint density at radius 2 is 1.74 bits per heavy atom. The maximum absolute atomic E-state index is 12.6. The summed E-state index contributed by atoms with van der Waals surface area (Å²) in [6.45, 7) is 1.28. The van der Waals surface area contributed by atoms with Crippen LogP contribution >= 0.6 is 0 Å². The number of aromatic nitrogens is 2. The highest BCUT2D eigenvalue weighted by Crippen LogP contribution is 2.28. The number of benzene rings is 2. The van der Waals surface area contributed by atoms with Crippen LogP contribution in [0.5, 0.6) is 0 Å². The Bertz CT molecular complexity index is 872. The SMILES string of the molecule is O=C(NCCc1cnn(-c2ccccc2)c1)N(Cc1ccccc1)C1CC1. The van der Waals surface area contributed by atoms with Crippen molar-refractivity contribution in [1.29, 1.82) is 0 Å². The van der Waals surface area contributed by atoms with Crippen molar-refractivity contribution in [3.63, 3.8) is 0 Å². The van der Waals surface area contributed by atoms with Gasteiger partial charge in [-0.25, -0.2) is 9.48 Å². The van der Waals surface area contributed by atoms with Gasteiger partial charge in [0, 0.05) is 25.3 Å². The van der Waals surface area contributed by atoms with Crippen LogP contribution in [0.1, 0.15) is 24.0 Å². The summed E-state index contributed by atoms with van der Waals surface area (Å²) in [6, 6.07) is 20.6. The predicted octanol–water partition coefficient (Wildman–Crippen LogP) is 3.79. The highest BCUT2D eigenvalue weighted by atomic mass is 16.2. The number of carbonyl (C=O) groups is 1. The first-order chi connectivity index (χ1) is 13.3. The molecule has 0 radical (unpaired) electrons. The molecule has 0 bridgehead atoms. The lowest BCUT2D eigenvalue weighted by molar-refractivity contribution is 0.192. The number of hydrogen-bond donors (Lipinski definition) is 1. The van der Waals surface area contributed by atoms with E-state index < -0.39 is 0 Å². The van der Waals surface area contributed by atoms with Gasteiger partial charge >= 0.3 is 6.03 Å². The third kappa shape index (κ3) is 4.56. The molecule has 0 unspecified atom stereocenters. The minimum atomic E-state index is 0.0248. The maximum atomic E-state index is 12.6. The first kappa shape index (κ1) is 17.3. The number of amides is 2. The molecule has 1 aliphatic carbocycles. The van der Waals surface area contributed by atoms with E-state index in [0.29, 0.717) is 19.1 Å². The molecule has 1 N–H and O–H groups in total. The number of hydrogen-bond acceptors (Lipinski definition) is 2. The van der Waals surface area contributed by atoms with Crippen molar-refractivity contribution >= 4 is 6.03 Å². The average Bonchev–Trinajstić information content (AvgIpc) is 3.45. The van der Waals surface area contributed by atoms with Crippen molar-refractivity contribution in [3.8, 4) is 5.69 Å². The number of carbonyl (C=O) groups excluding carboxylic acids is 1. The normalized spacial score (nSPS) is 13.3. The lowest BCUT2D eigenvalue weighted by atomic mass is 10.2. The fourth-order valence-corrected chi connectivity index (χ4v) is 3.16. The molecule has 0 spiro atoms. The Morgan fingerprint density at radius 3 is 2.44 bits per heavy atom. The van der Waals surface area contributed by atoms with E-state index in [1.54, 1.807) is 0 Å². The third-order valence-electron chi connectivity index (χ3n) is 4.79. The van der Waals surface area contributed by atoms with Crippen molar-refractivity contribution in [3.05, 3.63) is 84.2 Å². The van der Waals surface area contributed by atoms with E-state index in [1.807, 2.05) is 70.5 Å². The second kappa shape index (κ2) is 8.08. The summed E-state index contributed by atoms with van der Waals surface area (Å²) in [5, 5.41) is 7.48. The Morgan fingerprint density at radius 1 is 1.04 bits per heavy atom. The van der Waals surface area contributed by atoms with Crippen LogP contribution in [-0.2, 0) is 13.0 Å². The molecule has 0 aliphatic heterocycles. The van der Waals surface area contributed by atoms with E-state index >= 15 is 0 Å². The summed E-state index contributed by atoms with van der Waals surface area (Å²) in [5.74, 6) is 0. The Balaban J connectivity index is 1.30. The molecule has 1 saturated carbocycles. The van der Waals surface area contributed by atoms with Crippen molar-refractivity contribution in [1.82, 2.24) is 20.0 Å². The van der Waals surface area contributed by atoms with Crippen LogP contribution in [0.2, 0.25) is 0 Å². The number of para-hydroxylation sites is 1. The van der Waals surface area contributed by atoms with Crippen molar-refractivity contribution in [2.75, 3.05) is 6.54 Å². The molecule has 138 valence electrons. The van der Waals surface area contributed by atoms with Crippen LogP contribution in [0, 0.1) is 0 Å². The molecule has 1 aromatic heterocycles. The quantitative estimate of drug-likeness (QED) is 0.697. The summed E-state index contributed by atoms with van der Waals surface area (Å²) in [7, 11) is 0. The number of rotatable bonds is 7. The second-order valence-corrected chi connectivity index (χ2v) is 6.96. The van der Waals surface area contributed by atoms with E-state index in [4.69, 9.17) is 0 Å². The molecule has 1 heterocycles. The summed E-state index contributed by atoms with van der Waals surface area (Å²) in [4.78, 5) is 14.6. The van der Waals surface area contributed by atoms with Crippen LogP contribution in [-0.4, -0.2) is 33.3 Å². The molecule has 0 atom stereocenters. The topological polar surface area (TPSA) is 50.2 Å². The molecular weight excluding hydrogens is 336 g/mol. The monoisotopic (exact) mass is 360 g/mol. The zero-order valence-corrected chi connectivity index (χ0v) is 15.3. The van der Waals surface area contributed by atoms with Crippen LogP contribution < -0.4 is 5.32 Å². The van der Waals surface area contributed by atoms with Gasteiger partial charge in [-0.3, -0.25) is 0 Å². The standard InChI is InChI=1S/C22H24N4O/c27-22(25(20-11-12-20)16-18-7-3-1-4-8-18)23-14-13-19-15-24-26(17-19)21-9-5-2-6-10-21/h1-10,15,17,20H,11-14,16H2,(H,23,27). The molecule has 5 nitrogen and oxygen atoms in total. The molecule has 1 aliphatic rings. The van der Waals surface area contributed by atoms with Gasteiger partial charge in [0.2, 0.25) is 0 Å².